The number of ether oxygens (including phenoxy) is 1. The number of carbonyl (C=O) groups excluding carboxylic acids is 1. The number of benzene rings is 2. The van der Waals surface area contributed by atoms with Crippen LogP contribution in [-0.4, -0.2) is 25.7 Å². The third-order valence-corrected chi connectivity index (χ3v) is 4.46. The van der Waals surface area contributed by atoms with Crippen molar-refractivity contribution in [1.82, 2.24) is 5.32 Å². The second-order valence-corrected chi connectivity index (χ2v) is 6.20. The molecular weight excluding hydrogens is 383 g/mol. The SMILES string of the molecule is COC(CN)CC(=O)NC(c1ccccc1)c1ccc(Cl)c(Cl)c1.Cl. The molecule has 0 saturated carbocycles. The maximum atomic E-state index is 12.4. The normalized spacial score (nSPS) is 12.8. The quantitative estimate of drug-likeness (QED) is 0.735. The van der Waals surface area contributed by atoms with Gasteiger partial charge < -0.3 is 15.8 Å². The van der Waals surface area contributed by atoms with Gasteiger partial charge in [-0.2, -0.15) is 0 Å². The molecular formula is C18H21Cl3N2O2. The van der Waals surface area contributed by atoms with Crippen LogP contribution in [0.5, 0.6) is 0 Å². The number of halogens is 3. The lowest BCUT2D eigenvalue weighted by Crippen LogP contribution is -2.34. The van der Waals surface area contributed by atoms with Gasteiger partial charge in [0, 0.05) is 13.7 Å². The van der Waals surface area contributed by atoms with Crippen LogP contribution < -0.4 is 11.1 Å². The van der Waals surface area contributed by atoms with E-state index in [1.807, 2.05) is 36.4 Å². The zero-order chi connectivity index (χ0) is 17.5. The zero-order valence-electron chi connectivity index (χ0n) is 13.7. The summed E-state index contributed by atoms with van der Waals surface area (Å²) in [6.45, 7) is 0.284. The highest BCUT2D eigenvalue weighted by molar-refractivity contribution is 6.42. The van der Waals surface area contributed by atoms with Crippen molar-refractivity contribution in [3.8, 4) is 0 Å². The van der Waals surface area contributed by atoms with Gasteiger partial charge in [-0.25, -0.2) is 0 Å². The molecule has 4 nitrogen and oxygen atoms in total. The number of carbonyl (C=O) groups is 1. The Balaban J connectivity index is 0.00000312. The molecule has 0 aliphatic heterocycles. The highest BCUT2D eigenvalue weighted by Crippen LogP contribution is 2.29. The minimum atomic E-state index is -0.330. The first-order valence-electron chi connectivity index (χ1n) is 7.57. The second kappa shape index (κ2) is 10.6. The predicted molar refractivity (Wildman–Crippen MR) is 105 cm³/mol. The Labute approximate surface area is 164 Å². The minimum Gasteiger partial charge on any atom is -0.380 e. The molecule has 0 radical (unpaired) electrons. The smallest absolute Gasteiger partial charge is 0.223 e. The molecule has 136 valence electrons. The molecule has 0 aliphatic carbocycles. The van der Waals surface area contributed by atoms with Crippen molar-refractivity contribution in [3.05, 3.63) is 69.7 Å². The van der Waals surface area contributed by atoms with E-state index < -0.39 is 0 Å². The summed E-state index contributed by atoms with van der Waals surface area (Å²) in [7, 11) is 1.54. The third-order valence-electron chi connectivity index (χ3n) is 3.72. The molecule has 0 aromatic heterocycles. The summed E-state index contributed by atoms with van der Waals surface area (Å²) in [5, 5.41) is 3.94. The largest absolute Gasteiger partial charge is 0.380 e. The minimum absolute atomic E-state index is 0. The molecule has 2 atom stereocenters. The van der Waals surface area contributed by atoms with Crippen LogP contribution in [0.1, 0.15) is 23.6 Å². The summed E-state index contributed by atoms with van der Waals surface area (Å²) in [5.74, 6) is -0.146. The number of nitrogens with two attached hydrogens (primary N) is 1. The van der Waals surface area contributed by atoms with Gasteiger partial charge in [0.25, 0.3) is 0 Å². The lowest BCUT2D eigenvalue weighted by Gasteiger charge is -2.22. The topological polar surface area (TPSA) is 64.3 Å². The van der Waals surface area contributed by atoms with E-state index in [9.17, 15) is 4.79 Å². The Bertz CT molecular complexity index is 679. The molecule has 25 heavy (non-hydrogen) atoms. The van der Waals surface area contributed by atoms with Crippen LogP contribution in [0.25, 0.3) is 0 Å². The van der Waals surface area contributed by atoms with E-state index in [1.165, 1.54) is 0 Å². The highest BCUT2D eigenvalue weighted by atomic mass is 35.5. The van der Waals surface area contributed by atoms with Gasteiger partial charge >= 0.3 is 0 Å². The van der Waals surface area contributed by atoms with Crippen molar-refractivity contribution >= 4 is 41.5 Å². The number of hydrogen-bond donors (Lipinski definition) is 2. The Hall–Kier alpha value is -1.30. The summed E-state index contributed by atoms with van der Waals surface area (Å²) in [5.41, 5.74) is 7.39. The Morgan fingerprint density at radius 3 is 2.36 bits per heavy atom. The van der Waals surface area contributed by atoms with E-state index in [0.717, 1.165) is 11.1 Å². The first-order chi connectivity index (χ1) is 11.5. The molecule has 2 aromatic rings. The van der Waals surface area contributed by atoms with Crippen LogP contribution in [0.15, 0.2) is 48.5 Å². The molecule has 7 heteroatoms. The summed E-state index contributed by atoms with van der Waals surface area (Å²) in [4.78, 5) is 12.4. The lowest BCUT2D eigenvalue weighted by atomic mass is 9.98. The van der Waals surface area contributed by atoms with Crippen molar-refractivity contribution < 1.29 is 9.53 Å². The van der Waals surface area contributed by atoms with Gasteiger partial charge in [-0.05, 0) is 23.3 Å². The van der Waals surface area contributed by atoms with E-state index >= 15 is 0 Å². The fourth-order valence-corrected chi connectivity index (χ4v) is 2.69. The second-order valence-electron chi connectivity index (χ2n) is 5.38. The molecule has 0 aliphatic rings. The van der Waals surface area contributed by atoms with Gasteiger partial charge in [0.2, 0.25) is 5.91 Å². The van der Waals surface area contributed by atoms with Crippen molar-refractivity contribution in [2.24, 2.45) is 5.73 Å². The summed E-state index contributed by atoms with van der Waals surface area (Å²) < 4.78 is 5.17. The van der Waals surface area contributed by atoms with E-state index in [0.29, 0.717) is 10.0 Å². The summed E-state index contributed by atoms with van der Waals surface area (Å²) >= 11 is 12.1. The molecule has 2 unspecified atom stereocenters. The van der Waals surface area contributed by atoms with Crippen molar-refractivity contribution in [2.45, 2.75) is 18.6 Å². The number of hydrogen-bond acceptors (Lipinski definition) is 3. The number of methoxy groups -OCH3 is 1. The fraction of sp³-hybridized carbons (Fsp3) is 0.278. The Morgan fingerprint density at radius 2 is 1.80 bits per heavy atom. The molecule has 0 saturated heterocycles. The van der Waals surface area contributed by atoms with Crippen molar-refractivity contribution in [3.63, 3.8) is 0 Å². The number of nitrogens with one attached hydrogen (secondary N) is 1. The Morgan fingerprint density at radius 1 is 1.12 bits per heavy atom. The molecule has 0 heterocycles. The average Bonchev–Trinajstić information content (AvgIpc) is 2.61. The maximum absolute atomic E-state index is 12.4. The summed E-state index contributed by atoms with van der Waals surface area (Å²) in [6, 6.07) is 14.7. The van der Waals surface area contributed by atoms with Crippen LogP contribution in [0.4, 0.5) is 0 Å². The fourth-order valence-electron chi connectivity index (χ4n) is 2.39. The monoisotopic (exact) mass is 402 g/mol. The molecule has 2 aromatic carbocycles. The molecule has 0 fully saturated rings. The molecule has 0 bridgehead atoms. The zero-order valence-corrected chi connectivity index (χ0v) is 16.1. The van der Waals surface area contributed by atoms with E-state index in [-0.39, 0.29) is 43.4 Å². The van der Waals surface area contributed by atoms with Gasteiger partial charge in [0.05, 0.1) is 28.6 Å². The van der Waals surface area contributed by atoms with Crippen LogP contribution in [0, 0.1) is 0 Å². The molecule has 3 N–H and O–H groups in total. The average molecular weight is 404 g/mol. The van der Waals surface area contributed by atoms with Gasteiger partial charge in [-0.15, -0.1) is 12.4 Å². The lowest BCUT2D eigenvalue weighted by molar-refractivity contribution is -0.123. The standard InChI is InChI=1S/C18H20Cl2N2O2.ClH/c1-24-14(11-21)10-17(23)22-18(12-5-3-2-4-6-12)13-7-8-15(19)16(20)9-13;/h2-9,14,18H,10-11,21H2,1H3,(H,22,23);1H. The highest BCUT2D eigenvalue weighted by Gasteiger charge is 2.19. The first kappa shape index (κ1) is 21.7. The maximum Gasteiger partial charge on any atom is 0.223 e. The number of amides is 1. The Kier molecular flexibility index (Phi) is 9.25. The van der Waals surface area contributed by atoms with Gasteiger partial charge in [-0.1, -0.05) is 59.6 Å². The predicted octanol–water partition coefficient (Wildman–Crippen LogP) is 3.98. The van der Waals surface area contributed by atoms with E-state index in [4.69, 9.17) is 33.7 Å². The number of rotatable bonds is 7. The van der Waals surface area contributed by atoms with Crippen molar-refractivity contribution in [1.29, 1.82) is 0 Å². The summed E-state index contributed by atoms with van der Waals surface area (Å²) in [6.07, 6.45) is -0.118. The molecule has 2 rings (SSSR count). The van der Waals surface area contributed by atoms with Crippen molar-refractivity contribution in [2.75, 3.05) is 13.7 Å². The van der Waals surface area contributed by atoms with Crippen LogP contribution in [0.2, 0.25) is 10.0 Å². The van der Waals surface area contributed by atoms with E-state index in [2.05, 4.69) is 5.32 Å². The van der Waals surface area contributed by atoms with Crippen LogP contribution in [-0.2, 0) is 9.53 Å². The third kappa shape index (κ3) is 6.17. The first-order valence-corrected chi connectivity index (χ1v) is 8.33. The molecule has 1 amide bonds. The van der Waals surface area contributed by atoms with Gasteiger partial charge in [-0.3, -0.25) is 4.79 Å². The van der Waals surface area contributed by atoms with Gasteiger partial charge in [0.15, 0.2) is 0 Å². The van der Waals surface area contributed by atoms with Crippen LogP contribution >= 0.6 is 35.6 Å². The van der Waals surface area contributed by atoms with E-state index in [1.54, 1.807) is 19.2 Å². The van der Waals surface area contributed by atoms with Crippen LogP contribution in [0.3, 0.4) is 0 Å². The molecule has 0 spiro atoms. The van der Waals surface area contributed by atoms with Gasteiger partial charge in [0.1, 0.15) is 0 Å².